The molecule has 2 aliphatic heterocycles. The molecule has 0 aliphatic carbocycles. The van der Waals surface area contributed by atoms with Crippen molar-refractivity contribution in [3.8, 4) is 11.5 Å². The van der Waals surface area contributed by atoms with Gasteiger partial charge in [0.25, 0.3) is 5.91 Å². The van der Waals surface area contributed by atoms with E-state index in [1.54, 1.807) is 11.0 Å². The van der Waals surface area contributed by atoms with Gasteiger partial charge in [-0.05, 0) is 64.4 Å². The number of aromatic hydroxyl groups is 1. The normalized spacial score (nSPS) is 19.3. The smallest absolute Gasteiger partial charge is 0.253 e. The van der Waals surface area contributed by atoms with Gasteiger partial charge in [0.15, 0.2) is 0 Å². The highest BCUT2D eigenvalue weighted by atomic mass is 16.5. The zero-order valence-corrected chi connectivity index (χ0v) is 17.3. The van der Waals surface area contributed by atoms with Gasteiger partial charge in [0.1, 0.15) is 17.1 Å². The van der Waals surface area contributed by atoms with Crippen LogP contribution in [0.5, 0.6) is 11.5 Å². The van der Waals surface area contributed by atoms with E-state index in [0.717, 1.165) is 49.2 Å². The van der Waals surface area contributed by atoms with Crippen molar-refractivity contribution in [1.82, 2.24) is 10.2 Å². The molecule has 0 saturated carbocycles. The number of ether oxygens (including phenoxy) is 1. The average molecular weight is 411 g/mol. The Morgan fingerprint density at radius 3 is 2.50 bits per heavy atom. The molecule has 0 bridgehead atoms. The van der Waals surface area contributed by atoms with Crippen LogP contribution in [-0.4, -0.2) is 47.7 Å². The lowest BCUT2D eigenvalue weighted by Gasteiger charge is -2.45. The molecular weight excluding hydrogens is 376 g/mol. The lowest BCUT2D eigenvalue weighted by atomic mass is 9.74. The third-order valence-corrected chi connectivity index (χ3v) is 6.42. The molecule has 2 aromatic carbocycles. The standard InChI is InChI=1S/C24H30N2O3.CH4/c1-3-26(4-2)23(28)17-9-10-18(21(27)15-17)20-16-24(11-13-25-14-12-24)29-22-8-6-5-7-19(20)22;/h5-10,15,20,25,27H,3-4,11-14,16H2,1-2H3;1H4. The SMILES string of the molecule is C.CCN(CC)C(=O)c1ccc(C2CC3(CCNCC3)Oc3ccccc32)c(O)c1. The highest BCUT2D eigenvalue weighted by Crippen LogP contribution is 2.49. The van der Waals surface area contributed by atoms with E-state index >= 15 is 0 Å². The van der Waals surface area contributed by atoms with Crippen LogP contribution in [0.4, 0.5) is 0 Å². The third kappa shape index (κ3) is 4.04. The molecule has 1 saturated heterocycles. The fourth-order valence-electron chi connectivity index (χ4n) is 4.75. The molecule has 1 amide bonds. The summed E-state index contributed by atoms with van der Waals surface area (Å²) in [5.41, 5.74) is 2.31. The van der Waals surface area contributed by atoms with Gasteiger partial charge in [-0.15, -0.1) is 0 Å². The minimum absolute atomic E-state index is 0. The van der Waals surface area contributed by atoms with E-state index in [9.17, 15) is 9.90 Å². The topological polar surface area (TPSA) is 61.8 Å². The summed E-state index contributed by atoms with van der Waals surface area (Å²) in [5.74, 6) is 1.11. The number of piperidine rings is 1. The maximum absolute atomic E-state index is 12.7. The van der Waals surface area contributed by atoms with E-state index in [4.69, 9.17) is 4.74 Å². The van der Waals surface area contributed by atoms with Crippen LogP contribution in [0.3, 0.4) is 0 Å². The first-order valence-electron chi connectivity index (χ1n) is 10.7. The van der Waals surface area contributed by atoms with Gasteiger partial charge in [0.05, 0.1) is 0 Å². The molecule has 2 aliphatic rings. The Morgan fingerprint density at radius 1 is 1.13 bits per heavy atom. The molecule has 5 heteroatoms. The number of para-hydroxylation sites is 1. The summed E-state index contributed by atoms with van der Waals surface area (Å²) >= 11 is 0. The van der Waals surface area contributed by atoms with Gasteiger partial charge >= 0.3 is 0 Å². The van der Waals surface area contributed by atoms with Crippen molar-refractivity contribution in [3.05, 3.63) is 59.2 Å². The van der Waals surface area contributed by atoms with Gasteiger partial charge in [0, 0.05) is 35.7 Å². The molecule has 2 N–H and O–H groups in total. The van der Waals surface area contributed by atoms with Gasteiger partial charge in [0.2, 0.25) is 0 Å². The second-order valence-electron chi connectivity index (χ2n) is 8.08. The summed E-state index contributed by atoms with van der Waals surface area (Å²) in [5, 5.41) is 14.3. The predicted molar refractivity (Wildman–Crippen MR) is 120 cm³/mol. The van der Waals surface area contributed by atoms with Gasteiger partial charge in [-0.1, -0.05) is 31.7 Å². The predicted octanol–water partition coefficient (Wildman–Crippen LogP) is 4.55. The van der Waals surface area contributed by atoms with Crippen molar-refractivity contribution in [2.75, 3.05) is 26.2 Å². The van der Waals surface area contributed by atoms with Gasteiger partial charge in [-0.25, -0.2) is 0 Å². The van der Waals surface area contributed by atoms with Crippen LogP contribution in [0.25, 0.3) is 0 Å². The highest BCUT2D eigenvalue weighted by Gasteiger charge is 2.42. The van der Waals surface area contributed by atoms with E-state index in [1.807, 2.05) is 44.2 Å². The van der Waals surface area contributed by atoms with Crippen LogP contribution >= 0.6 is 0 Å². The summed E-state index contributed by atoms with van der Waals surface area (Å²) in [6, 6.07) is 13.5. The number of nitrogens with one attached hydrogen (secondary N) is 1. The number of rotatable bonds is 4. The Hall–Kier alpha value is -2.53. The number of hydrogen-bond donors (Lipinski definition) is 2. The summed E-state index contributed by atoms with van der Waals surface area (Å²) in [4.78, 5) is 14.4. The first kappa shape index (κ1) is 22.2. The first-order valence-corrected chi connectivity index (χ1v) is 10.7. The fraction of sp³-hybridized carbons (Fsp3) is 0.480. The molecule has 4 rings (SSSR count). The van der Waals surface area contributed by atoms with E-state index < -0.39 is 0 Å². The summed E-state index contributed by atoms with van der Waals surface area (Å²) < 4.78 is 6.49. The quantitative estimate of drug-likeness (QED) is 0.776. The molecular formula is C25H34N2O3. The van der Waals surface area contributed by atoms with E-state index in [0.29, 0.717) is 18.7 Å². The van der Waals surface area contributed by atoms with Crippen molar-refractivity contribution in [2.24, 2.45) is 0 Å². The number of phenolic OH excluding ortho intramolecular Hbond substituents is 1. The van der Waals surface area contributed by atoms with E-state index in [-0.39, 0.29) is 30.6 Å². The molecule has 1 atom stereocenters. The number of carbonyl (C=O) groups excluding carboxylic acids is 1. The monoisotopic (exact) mass is 410 g/mol. The van der Waals surface area contributed by atoms with Gasteiger partial charge in [-0.2, -0.15) is 0 Å². The minimum Gasteiger partial charge on any atom is -0.508 e. The lowest BCUT2D eigenvalue weighted by Crippen LogP contribution is -2.49. The van der Waals surface area contributed by atoms with Crippen LogP contribution in [-0.2, 0) is 0 Å². The molecule has 1 unspecified atom stereocenters. The van der Waals surface area contributed by atoms with Crippen LogP contribution in [0, 0.1) is 0 Å². The Kier molecular flexibility index (Phi) is 6.71. The van der Waals surface area contributed by atoms with Crippen molar-refractivity contribution in [2.45, 2.75) is 52.1 Å². The molecule has 5 nitrogen and oxygen atoms in total. The summed E-state index contributed by atoms with van der Waals surface area (Å²) in [6.07, 6.45) is 2.75. The van der Waals surface area contributed by atoms with Crippen LogP contribution in [0.15, 0.2) is 42.5 Å². The maximum atomic E-state index is 12.7. The van der Waals surface area contributed by atoms with Gasteiger partial charge in [-0.3, -0.25) is 4.79 Å². The average Bonchev–Trinajstić information content (AvgIpc) is 2.74. The van der Waals surface area contributed by atoms with Crippen molar-refractivity contribution in [3.63, 3.8) is 0 Å². The third-order valence-electron chi connectivity index (χ3n) is 6.42. The van der Waals surface area contributed by atoms with E-state index in [2.05, 4.69) is 11.4 Å². The largest absolute Gasteiger partial charge is 0.508 e. The molecule has 2 aromatic rings. The zero-order valence-electron chi connectivity index (χ0n) is 17.3. The Balaban J connectivity index is 0.00000256. The number of fused-ring (bicyclic) bond motifs is 1. The molecule has 0 aromatic heterocycles. The van der Waals surface area contributed by atoms with Crippen LogP contribution in [0.2, 0.25) is 0 Å². The molecule has 0 radical (unpaired) electrons. The molecule has 1 spiro atoms. The van der Waals surface area contributed by atoms with Crippen molar-refractivity contribution < 1.29 is 14.6 Å². The number of benzene rings is 2. The number of nitrogens with zero attached hydrogens (tertiary/aromatic N) is 1. The molecule has 2 heterocycles. The minimum atomic E-state index is -0.202. The Labute approximate surface area is 180 Å². The van der Waals surface area contributed by atoms with Crippen LogP contribution < -0.4 is 10.1 Å². The zero-order chi connectivity index (χ0) is 20.4. The second-order valence-corrected chi connectivity index (χ2v) is 8.08. The fourth-order valence-corrected chi connectivity index (χ4v) is 4.75. The number of amides is 1. The lowest BCUT2D eigenvalue weighted by molar-refractivity contribution is 0.0112. The Morgan fingerprint density at radius 2 is 1.83 bits per heavy atom. The number of phenols is 1. The first-order chi connectivity index (χ1) is 14.1. The van der Waals surface area contributed by atoms with Crippen molar-refractivity contribution >= 4 is 5.91 Å². The number of hydrogen-bond acceptors (Lipinski definition) is 4. The second kappa shape index (κ2) is 9.09. The molecule has 30 heavy (non-hydrogen) atoms. The highest BCUT2D eigenvalue weighted by molar-refractivity contribution is 5.94. The Bertz CT molecular complexity index is 886. The number of carbonyl (C=O) groups is 1. The van der Waals surface area contributed by atoms with Gasteiger partial charge < -0.3 is 20.1 Å². The van der Waals surface area contributed by atoms with Crippen molar-refractivity contribution in [1.29, 1.82) is 0 Å². The van der Waals surface area contributed by atoms with Crippen LogP contribution in [0.1, 0.15) is 67.9 Å². The summed E-state index contributed by atoms with van der Waals surface area (Å²) in [6.45, 7) is 7.12. The van der Waals surface area contributed by atoms with E-state index in [1.165, 1.54) is 0 Å². The molecule has 1 fully saturated rings. The maximum Gasteiger partial charge on any atom is 0.253 e. The molecule has 162 valence electrons. The summed E-state index contributed by atoms with van der Waals surface area (Å²) in [7, 11) is 0.